The van der Waals surface area contributed by atoms with Crippen LogP contribution in [0.4, 0.5) is 5.82 Å². The van der Waals surface area contributed by atoms with E-state index in [2.05, 4.69) is 19.6 Å². The molecule has 0 radical (unpaired) electrons. The molecule has 1 aromatic heterocycles. The van der Waals surface area contributed by atoms with Gasteiger partial charge in [-0.2, -0.15) is 17.4 Å². The normalized spacial score (nSPS) is 20.5. The number of rotatable bonds is 5. The van der Waals surface area contributed by atoms with Crippen LogP contribution in [0, 0.1) is 0 Å². The van der Waals surface area contributed by atoms with Gasteiger partial charge in [0.15, 0.2) is 0 Å². The van der Waals surface area contributed by atoms with Crippen molar-refractivity contribution in [2.75, 3.05) is 31.1 Å². The number of piperidine rings is 1. The molecule has 7 nitrogen and oxygen atoms in total. The summed E-state index contributed by atoms with van der Waals surface area (Å²) in [7, 11) is -3.41. The van der Waals surface area contributed by atoms with Crippen molar-refractivity contribution in [2.24, 2.45) is 0 Å². The Labute approximate surface area is 131 Å². The van der Waals surface area contributed by atoms with E-state index >= 15 is 0 Å². The van der Waals surface area contributed by atoms with E-state index < -0.39 is 10.2 Å². The first kappa shape index (κ1) is 15.6. The Hall–Kier alpha value is -1.25. The van der Waals surface area contributed by atoms with Crippen molar-refractivity contribution in [3.63, 3.8) is 0 Å². The minimum absolute atomic E-state index is 0.139. The first-order chi connectivity index (χ1) is 10.6. The summed E-state index contributed by atoms with van der Waals surface area (Å²) < 4.78 is 28.4. The Morgan fingerprint density at radius 1 is 1.05 bits per heavy atom. The van der Waals surface area contributed by atoms with Gasteiger partial charge in [-0.25, -0.2) is 9.97 Å². The highest BCUT2D eigenvalue weighted by molar-refractivity contribution is 7.87. The molecule has 0 amide bonds. The Kier molecular flexibility index (Phi) is 4.90. The summed E-state index contributed by atoms with van der Waals surface area (Å²) in [6, 6.07) is 1.89. The summed E-state index contributed by atoms with van der Waals surface area (Å²) in [5, 5.41) is 0. The van der Waals surface area contributed by atoms with Crippen LogP contribution in [0.5, 0.6) is 0 Å². The van der Waals surface area contributed by atoms with Gasteiger partial charge in [0.2, 0.25) is 0 Å². The van der Waals surface area contributed by atoms with Gasteiger partial charge in [-0.05, 0) is 38.2 Å². The van der Waals surface area contributed by atoms with Crippen LogP contribution in [0.25, 0.3) is 0 Å². The second-order valence-electron chi connectivity index (χ2n) is 5.81. The Morgan fingerprint density at radius 2 is 1.73 bits per heavy atom. The van der Waals surface area contributed by atoms with Crippen LogP contribution < -0.4 is 9.62 Å². The lowest BCUT2D eigenvalue weighted by atomic mass is 10.1. The third kappa shape index (κ3) is 3.74. The molecule has 3 rings (SSSR count). The van der Waals surface area contributed by atoms with Crippen molar-refractivity contribution in [1.82, 2.24) is 19.0 Å². The standard InChI is InChI=1S/C14H23N5O2S/c20-22(21,19-10-4-5-11-19)16-12-13-15-7-6-14(17-13)18-8-2-1-3-9-18/h6-7,16H,1-5,8-12H2. The van der Waals surface area contributed by atoms with Crippen molar-refractivity contribution in [3.8, 4) is 0 Å². The average molecular weight is 325 g/mol. The highest BCUT2D eigenvalue weighted by Gasteiger charge is 2.25. The van der Waals surface area contributed by atoms with E-state index in [1.54, 1.807) is 6.20 Å². The zero-order chi connectivity index (χ0) is 15.4. The molecule has 0 aliphatic carbocycles. The van der Waals surface area contributed by atoms with Gasteiger partial charge in [-0.15, -0.1) is 0 Å². The third-order valence-electron chi connectivity index (χ3n) is 4.19. The minimum atomic E-state index is -3.41. The highest BCUT2D eigenvalue weighted by atomic mass is 32.2. The van der Waals surface area contributed by atoms with Crippen LogP contribution in [0.2, 0.25) is 0 Å². The van der Waals surface area contributed by atoms with Crippen LogP contribution >= 0.6 is 0 Å². The van der Waals surface area contributed by atoms with Crippen molar-refractivity contribution >= 4 is 16.0 Å². The van der Waals surface area contributed by atoms with E-state index in [1.807, 2.05) is 6.07 Å². The lowest BCUT2D eigenvalue weighted by molar-refractivity contribution is 0.463. The van der Waals surface area contributed by atoms with E-state index in [0.717, 1.165) is 31.7 Å². The average Bonchev–Trinajstić information content (AvgIpc) is 3.10. The summed E-state index contributed by atoms with van der Waals surface area (Å²) >= 11 is 0. The number of hydrogen-bond acceptors (Lipinski definition) is 5. The monoisotopic (exact) mass is 325 g/mol. The molecule has 0 saturated carbocycles. The van der Waals surface area contributed by atoms with E-state index in [0.29, 0.717) is 18.9 Å². The van der Waals surface area contributed by atoms with Gasteiger partial charge in [0.05, 0.1) is 6.54 Å². The maximum Gasteiger partial charge on any atom is 0.279 e. The lowest BCUT2D eigenvalue weighted by Crippen LogP contribution is -2.38. The number of aromatic nitrogens is 2. The molecule has 2 aliphatic rings. The molecule has 1 aromatic rings. The summed E-state index contributed by atoms with van der Waals surface area (Å²) in [4.78, 5) is 10.9. The fourth-order valence-electron chi connectivity index (χ4n) is 2.95. The van der Waals surface area contributed by atoms with E-state index in [4.69, 9.17) is 0 Å². The van der Waals surface area contributed by atoms with Crippen LogP contribution in [0.3, 0.4) is 0 Å². The van der Waals surface area contributed by atoms with Crippen molar-refractivity contribution < 1.29 is 8.42 Å². The molecule has 2 saturated heterocycles. The molecular formula is C14H23N5O2S. The molecule has 0 unspecified atom stereocenters. The zero-order valence-corrected chi connectivity index (χ0v) is 13.6. The molecule has 0 atom stereocenters. The summed E-state index contributed by atoms with van der Waals surface area (Å²) in [6.45, 7) is 3.36. The van der Waals surface area contributed by atoms with Crippen LogP contribution in [-0.2, 0) is 16.8 Å². The van der Waals surface area contributed by atoms with E-state index in [-0.39, 0.29) is 6.54 Å². The molecule has 122 valence electrons. The summed E-state index contributed by atoms with van der Waals surface area (Å²) in [5.74, 6) is 1.41. The molecular weight excluding hydrogens is 302 g/mol. The van der Waals surface area contributed by atoms with Gasteiger partial charge >= 0.3 is 0 Å². The smallest absolute Gasteiger partial charge is 0.279 e. The third-order valence-corrected chi connectivity index (χ3v) is 5.74. The van der Waals surface area contributed by atoms with Gasteiger partial charge < -0.3 is 4.90 Å². The lowest BCUT2D eigenvalue weighted by Gasteiger charge is -2.27. The number of nitrogens with zero attached hydrogens (tertiary/aromatic N) is 4. The van der Waals surface area contributed by atoms with Gasteiger partial charge in [-0.3, -0.25) is 0 Å². The Morgan fingerprint density at radius 3 is 2.45 bits per heavy atom. The molecule has 0 bridgehead atoms. The maximum absolute atomic E-state index is 12.1. The Balaban J connectivity index is 1.62. The van der Waals surface area contributed by atoms with Crippen molar-refractivity contribution in [2.45, 2.75) is 38.6 Å². The molecule has 0 aromatic carbocycles. The highest BCUT2D eigenvalue weighted by Crippen LogP contribution is 2.17. The van der Waals surface area contributed by atoms with Crippen LogP contribution in [0.1, 0.15) is 37.9 Å². The predicted octanol–water partition coefficient (Wildman–Crippen LogP) is 0.897. The van der Waals surface area contributed by atoms with Crippen molar-refractivity contribution in [1.29, 1.82) is 0 Å². The van der Waals surface area contributed by atoms with E-state index in [9.17, 15) is 8.42 Å². The van der Waals surface area contributed by atoms with Gasteiger partial charge in [0, 0.05) is 32.4 Å². The van der Waals surface area contributed by atoms with Crippen molar-refractivity contribution in [3.05, 3.63) is 18.1 Å². The number of hydrogen-bond donors (Lipinski definition) is 1. The molecule has 3 heterocycles. The molecule has 8 heteroatoms. The zero-order valence-electron chi connectivity index (χ0n) is 12.7. The molecule has 22 heavy (non-hydrogen) atoms. The quantitative estimate of drug-likeness (QED) is 0.870. The minimum Gasteiger partial charge on any atom is -0.357 e. The van der Waals surface area contributed by atoms with Crippen LogP contribution in [-0.4, -0.2) is 48.9 Å². The molecule has 1 N–H and O–H groups in total. The second kappa shape index (κ2) is 6.89. The van der Waals surface area contributed by atoms with E-state index in [1.165, 1.54) is 23.6 Å². The predicted molar refractivity (Wildman–Crippen MR) is 84.7 cm³/mol. The number of nitrogens with one attached hydrogen (secondary N) is 1. The first-order valence-corrected chi connectivity index (χ1v) is 9.41. The topological polar surface area (TPSA) is 78.4 Å². The second-order valence-corrected chi connectivity index (χ2v) is 7.57. The fraction of sp³-hybridized carbons (Fsp3) is 0.714. The van der Waals surface area contributed by atoms with Crippen LogP contribution in [0.15, 0.2) is 12.3 Å². The van der Waals surface area contributed by atoms with Gasteiger partial charge in [-0.1, -0.05) is 0 Å². The summed E-state index contributed by atoms with van der Waals surface area (Å²) in [5.41, 5.74) is 0. The first-order valence-electron chi connectivity index (χ1n) is 7.97. The van der Waals surface area contributed by atoms with Gasteiger partial charge in [0.1, 0.15) is 11.6 Å². The fourth-order valence-corrected chi connectivity index (χ4v) is 4.18. The molecule has 2 fully saturated rings. The largest absolute Gasteiger partial charge is 0.357 e. The number of anilines is 1. The Bertz CT molecular complexity index is 595. The summed E-state index contributed by atoms with van der Waals surface area (Å²) in [6.07, 6.45) is 7.20. The van der Waals surface area contributed by atoms with Gasteiger partial charge in [0.25, 0.3) is 10.2 Å². The maximum atomic E-state index is 12.1. The molecule has 2 aliphatic heterocycles. The SMILES string of the molecule is O=S(=O)(NCc1nccc(N2CCCCC2)n1)N1CCCC1. The molecule has 0 spiro atoms.